The molecule has 0 spiro atoms. The molecular formula is C10H17N3O. The Morgan fingerprint density at radius 2 is 2.57 bits per heavy atom. The van der Waals surface area contributed by atoms with Crippen molar-refractivity contribution in [2.45, 2.75) is 31.9 Å². The first-order valence-electron chi connectivity index (χ1n) is 5.20. The van der Waals surface area contributed by atoms with E-state index in [0.29, 0.717) is 0 Å². The Kier molecular flexibility index (Phi) is 3.16. The fourth-order valence-corrected chi connectivity index (χ4v) is 1.80. The first kappa shape index (κ1) is 9.68. The lowest BCUT2D eigenvalue weighted by atomic mass is 10.1. The standard InChI is InChI=1S/C10H17N3O/c1-11-7-8-6-9(13-12-8)10-4-2-3-5-14-10/h6,10-11H,2-5,7H2,1H3,(H,12,13). The second-order valence-electron chi connectivity index (χ2n) is 3.70. The number of nitrogens with one attached hydrogen (secondary N) is 2. The molecule has 1 saturated heterocycles. The van der Waals surface area contributed by atoms with Crippen molar-refractivity contribution in [3.63, 3.8) is 0 Å². The van der Waals surface area contributed by atoms with Gasteiger partial charge in [-0.05, 0) is 32.4 Å². The summed E-state index contributed by atoms with van der Waals surface area (Å²) in [4.78, 5) is 0. The summed E-state index contributed by atoms with van der Waals surface area (Å²) in [5.74, 6) is 0. The number of hydrogen-bond acceptors (Lipinski definition) is 3. The lowest BCUT2D eigenvalue weighted by Gasteiger charge is -2.20. The molecule has 0 saturated carbocycles. The van der Waals surface area contributed by atoms with E-state index in [4.69, 9.17) is 4.74 Å². The number of hydrogen-bond donors (Lipinski definition) is 2. The zero-order valence-electron chi connectivity index (χ0n) is 8.55. The molecule has 4 heteroatoms. The van der Waals surface area contributed by atoms with Crippen molar-refractivity contribution < 1.29 is 4.74 Å². The van der Waals surface area contributed by atoms with E-state index >= 15 is 0 Å². The van der Waals surface area contributed by atoms with Crippen LogP contribution in [0.5, 0.6) is 0 Å². The summed E-state index contributed by atoms with van der Waals surface area (Å²) in [7, 11) is 1.93. The Morgan fingerprint density at radius 1 is 1.64 bits per heavy atom. The monoisotopic (exact) mass is 195 g/mol. The van der Waals surface area contributed by atoms with E-state index in [9.17, 15) is 0 Å². The van der Waals surface area contributed by atoms with Gasteiger partial charge in [0.15, 0.2) is 0 Å². The smallest absolute Gasteiger partial charge is 0.101 e. The summed E-state index contributed by atoms with van der Waals surface area (Å²) in [5, 5.41) is 10.4. The van der Waals surface area contributed by atoms with Crippen molar-refractivity contribution in [1.82, 2.24) is 15.5 Å². The number of nitrogens with zero attached hydrogens (tertiary/aromatic N) is 1. The van der Waals surface area contributed by atoms with E-state index in [1.807, 2.05) is 7.05 Å². The molecule has 14 heavy (non-hydrogen) atoms. The molecule has 0 radical (unpaired) electrons. The average molecular weight is 195 g/mol. The topological polar surface area (TPSA) is 49.9 Å². The number of aromatic amines is 1. The van der Waals surface area contributed by atoms with Crippen LogP contribution in [0, 0.1) is 0 Å². The third-order valence-corrected chi connectivity index (χ3v) is 2.53. The van der Waals surface area contributed by atoms with E-state index in [2.05, 4.69) is 21.6 Å². The molecule has 1 unspecified atom stereocenters. The van der Waals surface area contributed by atoms with Crippen molar-refractivity contribution in [3.05, 3.63) is 17.5 Å². The van der Waals surface area contributed by atoms with Gasteiger partial charge in [0.05, 0.1) is 5.69 Å². The van der Waals surface area contributed by atoms with Crippen LogP contribution >= 0.6 is 0 Å². The van der Waals surface area contributed by atoms with Crippen LogP contribution in [-0.4, -0.2) is 23.9 Å². The molecule has 1 aromatic heterocycles. The van der Waals surface area contributed by atoms with Crippen molar-refractivity contribution >= 4 is 0 Å². The lowest BCUT2D eigenvalue weighted by molar-refractivity contribution is 0.0123. The molecule has 1 atom stereocenters. The molecule has 4 nitrogen and oxygen atoms in total. The second kappa shape index (κ2) is 4.57. The van der Waals surface area contributed by atoms with Crippen molar-refractivity contribution in [3.8, 4) is 0 Å². The molecule has 1 aliphatic rings. The molecule has 1 aromatic rings. The minimum absolute atomic E-state index is 0.214. The first-order chi connectivity index (χ1) is 6.90. The molecule has 2 N–H and O–H groups in total. The normalized spacial score (nSPS) is 22.5. The van der Waals surface area contributed by atoms with Gasteiger partial charge in [0.1, 0.15) is 6.10 Å². The number of H-pyrrole nitrogens is 1. The summed E-state index contributed by atoms with van der Waals surface area (Å²) >= 11 is 0. The highest BCUT2D eigenvalue weighted by Crippen LogP contribution is 2.26. The van der Waals surface area contributed by atoms with Crippen LogP contribution in [0.15, 0.2) is 6.07 Å². The zero-order valence-corrected chi connectivity index (χ0v) is 8.55. The maximum Gasteiger partial charge on any atom is 0.101 e. The van der Waals surface area contributed by atoms with E-state index < -0.39 is 0 Å². The highest BCUT2D eigenvalue weighted by atomic mass is 16.5. The molecule has 0 aliphatic carbocycles. The Hall–Kier alpha value is -0.870. The van der Waals surface area contributed by atoms with Gasteiger partial charge < -0.3 is 10.1 Å². The fraction of sp³-hybridized carbons (Fsp3) is 0.700. The van der Waals surface area contributed by atoms with E-state index in [-0.39, 0.29) is 6.10 Å². The summed E-state index contributed by atoms with van der Waals surface area (Å²) in [6, 6.07) is 2.09. The van der Waals surface area contributed by atoms with Crippen LogP contribution in [0.3, 0.4) is 0 Å². The van der Waals surface area contributed by atoms with Gasteiger partial charge in [-0.25, -0.2) is 0 Å². The van der Waals surface area contributed by atoms with Gasteiger partial charge in [0.2, 0.25) is 0 Å². The van der Waals surface area contributed by atoms with Crippen LogP contribution in [0.4, 0.5) is 0 Å². The number of rotatable bonds is 3. The quantitative estimate of drug-likeness (QED) is 0.766. The SMILES string of the molecule is CNCc1cc(C2CCCCO2)n[nH]1. The maximum absolute atomic E-state index is 5.65. The minimum Gasteiger partial charge on any atom is -0.372 e. The molecular weight excluding hydrogens is 178 g/mol. The molecule has 0 aromatic carbocycles. The van der Waals surface area contributed by atoms with Crippen LogP contribution in [0.1, 0.15) is 36.8 Å². The molecule has 1 fully saturated rings. The largest absolute Gasteiger partial charge is 0.372 e. The van der Waals surface area contributed by atoms with E-state index in [1.54, 1.807) is 0 Å². The Labute approximate surface area is 84.0 Å². The van der Waals surface area contributed by atoms with Crippen LogP contribution < -0.4 is 5.32 Å². The molecule has 0 amide bonds. The zero-order chi connectivity index (χ0) is 9.80. The Bertz CT molecular complexity index is 279. The van der Waals surface area contributed by atoms with Crippen LogP contribution in [0.2, 0.25) is 0 Å². The lowest BCUT2D eigenvalue weighted by Crippen LogP contribution is -2.11. The molecule has 0 bridgehead atoms. The maximum atomic E-state index is 5.65. The van der Waals surface area contributed by atoms with Gasteiger partial charge in [-0.2, -0.15) is 5.10 Å². The van der Waals surface area contributed by atoms with Crippen molar-refractivity contribution in [2.24, 2.45) is 0 Å². The average Bonchev–Trinajstić information content (AvgIpc) is 2.68. The van der Waals surface area contributed by atoms with Crippen molar-refractivity contribution in [2.75, 3.05) is 13.7 Å². The second-order valence-corrected chi connectivity index (χ2v) is 3.70. The third kappa shape index (κ3) is 2.13. The summed E-state index contributed by atoms with van der Waals surface area (Å²) in [6.45, 7) is 1.71. The van der Waals surface area contributed by atoms with Gasteiger partial charge in [0, 0.05) is 18.8 Å². The van der Waals surface area contributed by atoms with Crippen LogP contribution in [-0.2, 0) is 11.3 Å². The summed E-state index contributed by atoms with van der Waals surface area (Å²) in [5.41, 5.74) is 2.17. The first-order valence-corrected chi connectivity index (χ1v) is 5.20. The Morgan fingerprint density at radius 3 is 3.29 bits per heavy atom. The predicted molar refractivity (Wildman–Crippen MR) is 53.9 cm³/mol. The van der Waals surface area contributed by atoms with Gasteiger partial charge in [-0.1, -0.05) is 0 Å². The van der Waals surface area contributed by atoms with Gasteiger partial charge in [-0.3, -0.25) is 5.10 Å². The third-order valence-electron chi connectivity index (χ3n) is 2.53. The number of aromatic nitrogens is 2. The summed E-state index contributed by atoms with van der Waals surface area (Å²) in [6.07, 6.45) is 3.75. The molecule has 2 rings (SSSR count). The fourth-order valence-electron chi connectivity index (χ4n) is 1.80. The van der Waals surface area contributed by atoms with E-state index in [1.165, 1.54) is 12.8 Å². The van der Waals surface area contributed by atoms with Gasteiger partial charge in [-0.15, -0.1) is 0 Å². The Balaban J connectivity index is 2.00. The summed E-state index contributed by atoms with van der Waals surface area (Å²) < 4.78 is 5.65. The minimum atomic E-state index is 0.214. The van der Waals surface area contributed by atoms with Crippen molar-refractivity contribution in [1.29, 1.82) is 0 Å². The molecule has 2 heterocycles. The highest BCUT2D eigenvalue weighted by Gasteiger charge is 2.18. The van der Waals surface area contributed by atoms with Gasteiger partial charge in [0.25, 0.3) is 0 Å². The number of ether oxygens (including phenoxy) is 1. The predicted octanol–water partition coefficient (Wildman–Crippen LogP) is 1.37. The molecule has 1 aliphatic heterocycles. The van der Waals surface area contributed by atoms with Gasteiger partial charge >= 0.3 is 0 Å². The highest BCUT2D eigenvalue weighted by molar-refractivity contribution is 5.11. The van der Waals surface area contributed by atoms with E-state index in [0.717, 1.165) is 31.0 Å². The van der Waals surface area contributed by atoms with Crippen LogP contribution in [0.25, 0.3) is 0 Å². The molecule has 78 valence electrons.